The summed E-state index contributed by atoms with van der Waals surface area (Å²) in [6.45, 7) is 0. The highest BCUT2D eigenvalue weighted by atomic mass is 16.3. The minimum Gasteiger partial charge on any atom is -0.456 e. The lowest BCUT2D eigenvalue weighted by Gasteiger charge is -2.27. The monoisotopic (exact) mass is 761 g/mol. The number of rotatable bonds is 5. The van der Waals surface area contributed by atoms with Crippen LogP contribution in [0.4, 0.5) is 17.1 Å². The number of furan rings is 1. The van der Waals surface area contributed by atoms with Crippen molar-refractivity contribution in [1.82, 2.24) is 0 Å². The van der Waals surface area contributed by atoms with Gasteiger partial charge in [-0.25, -0.2) is 0 Å². The van der Waals surface area contributed by atoms with Crippen molar-refractivity contribution >= 4 is 104 Å². The molecule has 2 nitrogen and oxygen atoms in total. The smallest absolute Gasteiger partial charge is 0.135 e. The van der Waals surface area contributed by atoms with Crippen molar-refractivity contribution in [1.29, 1.82) is 0 Å². The Labute approximate surface area is 346 Å². The van der Waals surface area contributed by atoms with E-state index in [2.05, 4.69) is 211 Å². The zero-order valence-electron chi connectivity index (χ0n) is 32.6. The standard InChI is InChI=1S/C58H35NO/c1-2-9-36(10-3-1)37-19-21-38(22-20-37)39-27-29-44(30-28-39)59(45-31-32-54-51(34-45)47-14-4-5-18-53(47)60-54)46-33-43-26-25-42-12-7-16-49-48-15-6-11-40-23-24-41-13-8-17-50(57(41)55(40)48)52(35-46)58(43)56(42)49/h1-35H. The second-order valence-corrected chi connectivity index (χ2v) is 16.0. The van der Waals surface area contributed by atoms with Crippen molar-refractivity contribution in [3.8, 4) is 22.3 Å². The van der Waals surface area contributed by atoms with Crippen molar-refractivity contribution in [3.63, 3.8) is 0 Å². The van der Waals surface area contributed by atoms with E-state index in [4.69, 9.17) is 4.42 Å². The van der Waals surface area contributed by atoms with E-state index in [1.807, 2.05) is 6.07 Å². The Morgan fingerprint density at radius 2 is 0.700 bits per heavy atom. The Hall–Kier alpha value is -7.94. The summed E-state index contributed by atoms with van der Waals surface area (Å²) in [6, 6.07) is 77.8. The predicted octanol–water partition coefficient (Wildman–Crippen LogP) is 16.7. The van der Waals surface area contributed by atoms with Crippen LogP contribution < -0.4 is 4.90 Å². The van der Waals surface area contributed by atoms with Crippen LogP contribution in [0.3, 0.4) is 0 Å². The summed E-state index contributed by atoms with van der Waals surface area (Å²) in [6.07, 6.45) is 0. The third-order valence-electron chi connectivity index (χ3n) is 12.7. The van der Waals surface area contributed by atoms with Gasteiger partial charge in [0.1, 0.15) is 11.2 Å². The van der Waals surface area contributed by atoms with Crippen molar-refractivity contribution in [2.45, 2.75) is 0 Å². The second-order valence-electron chi connectivity index (χ2n) is 16.0. The summed E-state index contributed by atoms with van der Waals surface area (Å²) in [5.74, 6) is 0. The quantitative estimate of drug-likeness (QED) is 0.162. The molecule has 12 aromatic carbocycles. The summed E-state index contributed by atoms with van der Waals surface area (Å²) >= 11 is 0. The fourth-order valence-electron chi connectivity index (χ4n) is 9.99. The molecule has 0 aliphatic carbocycles. The fourth-order valence-corrected chi connectivity index (χ4v) is 9.99. The molecule has 60 heavy (non-hydrogen) atoms. The van der Waals surface area contributed by atoms with Gasteiger partial charge in [-0.1, -0.05) is 164 Å². The van der Waals surface area contributed by atoms with Gasteiger partial charge in [-0.3, -0.25) is 0 Å². The first kappa shape index (κ1) is 33.1. The van der Waals surface area contributed by atoms with Gasteiger partial charge in [-0.05, 0) is 135 Å². The molecule has 0 amide bonds. The van der Waals surface area contributed by atoms with Crippen LogP contribution in [0, 0.1) is 0 Å². The summed E-state index contributed by atoms with van der Waals surface area (Å²) in [7, 11) is 0. The molecule has 0 aliphatic heterocycles. The predicted molar refractivity (Wildman–Crippen MR) is 255 cm³/mol. The summed E-state index contributed by atoms with van der Waals surface area (Å²) in [4.78, 5) is 2.42. The minimum atomic E-state index is 0.882. The van der Waals surface area contributed by atoms with Crippen LogP contribution >= 0.6 is 0 Å². The van der Waals surface area contributed by atoms with Crippen LogP contribution in [0.15, 0.2) is 217 Å². The van der Waals surface area contributed by atoms with Crippen molar-refractivity contribution in [3.05, 3.63) is 212 Å². The Bertz CT molecular complexity index is 3800. The Morgan fingerprint density at radius 3 is 1.33 bits per heavy atom. The van der Waals surface area contributed by atoms with E-state index in [9.17, 15) is 0 Å². The number of nitrogens with zero attached hydrogens (tertiary/aromatic N) is 1. The molecule has 0 spiro atoms. The van der Waals surface area contributed by atoms with Gasteiger partial charge in [-0.2, -0.15) is 0 Å². The van der Waals surface area contributed by atoms with E-state index in [0.29, 0.717) is 0 Å². The van der Waals surface area contributed by atoms with Gasteiger partial charge in [-0.15, -0.1) is 0 Å². The fraction of sp³-hybridized carbons (Fsp3) is 0. The van der Waals surface area contributed by atoms with Crippen molar-refractivity contribution in [2.75, 3.05) is 4.90 Å². The molecule has 1 heterocycles. The molecule has 0 atom stereocenters. The van der Waals surface area contributed by atoms with Crippen LogP contribution in [0.5, 0.6) is 0 Å². The molecule has 0 unspecified atom stereocenters. The molecule has 0 bridgehead atoms. The Morgan fingerprint density at radius 1 is 0.250 bits per heavy atom. The molecule has 0 radical (unpaired) electrons. The maximum atomic E-state index is 6.34. The first-order valence-corrected chi connectivity index (χ1v) is 20.7. The van der Waals surface area contributed by atoms with E-state index in [-0.39, 0.29) is 0 Å². The lowest BCUT2D eigenvalue weighted by Crippen LogP contribution is -2.10. The van der Waals surface area contributed by atoms with Gasteiger partial charge in [0.2, 0.25) is 0 Å². The maximum Gasteiger partial charge on any atom is 0.135 e. The Balaban J connectivity index is 1.08. The van der Waals surface area contributed by atoms with E-state index in [0.717, 1.165) is 39.0 Å². The second kappa shape index (κ2) is 12.8. The molecule has 0 fully saturated rings. The normalized spacial score (nSPS) is 12.0. The molecule has 0 saturated carbocycles. The zero-order valence-corrected chi connectivity index (χ0v) is 32.6. The molecular formula is C58H35NO. The maximum absolute atomic E-state index is 6.34. The number of hydrogen-bond acceptors (Lipinski definition) is 2. The minimum absolute atomic E-state index is 0.882. The van der Waals surface area contributed by atoms with Crippen LogP contribution in [0.1, 0.15) is 0 Å². The molecule has 1 aromatic heterocycles. The number of anilines is 3. The van der Waals surface area contributed by atoms with E-state index < -0.39 is 0 Å². The molecule has 2 heteroatoms. The van der Waals surface area contributed by atoms with E-state index in [1.165, 1.54) is 86.9 Å². The van der Waals surface area contributed by atoms with Crippen molar-refractivity contribution in [2.24, 2.45) is 0 Å². The van der Waals surface area contributed by atoms with Crippen LogP contribution in [-0.4, -0.2) is 0 Å². The van der Waals surface area contributed by atoms with Crippen LogP contribution in [-0.2, 0) is 0 Å². The molecule has 13 rings (SSSR count). The third kappa shape index (κ3) is 4.95. The summed E-state index contributed by atoms with van der Waals surface area (Å²) in [5.41, 5.74) is 9.82. The average Bonchev–Trinajstić information content (AvgIpc) is 3.69. The number of para-hydroxylation sites is 1. The highest BCUT2D eigenvalue weighted by Gasteiger charge is 2.20. The Kier molecular flexibility index (Phi) is 7.05. The first-order valence-electron chi connectivity index (χ1n) is 20.7. The summed E-state index contributed by atoms with van der Waals surface area (Å²) in [5, 5.41) is 17.4. The first-order chi connectivity index (χ1) is 29.7. The lowest BCUT2D eigenvalue weighted by molar-refractivity contribution is 0.669. The number of benzene rings is 11. The average molecular weight is 762 g/mol. The SMILES string of the molecule is c1ccc(-c2ccc(-c3ccc(N(c4ccc5oc6ccccc6c5c4)c4cc5ccc6cccc7c8cccc9ccc%10cccc(c(c4)c5c67)c%10c98)cc3)cc2)cc1. The highest BCUT2D eigenvalue weighted by molar-refractivity contribution is 6.37. The number of fused-ring (bicyclic) bond motifs is 5. The molecular weight excluding hydrogens is 727 g/mol. The zero-order chi connectivity index (χ0) is 39.3. The van der Waals surface area contributed by atoms with Crippen LogP contribution in [0.2, 0.25) is 0 Å². The van der Waals surface area contributed by atoms with Gasteiger partial charge in [0.05, 0.1) is 0 Å². The summed E-state index contributed by atoms with van der Waals surface area (Å²) < 4.78 is 6.34. The number of hydrogen-bond donors (Lipinski definition) is 0. The van der Waals surface area contributed by atoms with Gasteiger partial charge in [0.15, 0.2) is 0 Å². The van der Waals surface area contributed by atoms with Gasteiger partial charge >= 0.3 is 0 Å². The highest BCUT2D eigenvalue weighted by Crippen LogP contribution is 2.47. The van der Waals surface area contributed by atoms with Crippen LogP contribution in [0.25, 0.3) is 109 Å². The topological polar surface area (TPSA) is 16.4 Å². The molecule has 0 aliphatic rings. The third-order valence-corrected chi connectivity index (χ3v) is 12.7. The van der Waals surface area contributed by atoms with E-state index in [1.54, 1.807) is 0 Å². The molecule has 0 N–H and O–H groups in total. The molecule has 0 saturated heterocycles. The lowest BCUT2D eigenvalue weighted by atomic mass is 9.87. The largest absolute Gasteiger partial charge is 0.456 e. The molecule has 13 aromatic rings. The van der Waals surface area contributed by atoms with E-state index >= 15 is 0 Å². The molecule has 278 valence electrons. The van der Waals surface area contributed by atoms with Gasteiger partial charge in [0.25, 0.3) is 0 Å². The van der Waals surface area contributed by atoms with Gasteiger partial charge < -0.3 is 9.32 Å². The van der Waals surface area contributed by atoms with Gasteiger partial charge in [0, 0.05) is 27.8 Å². The van der Waals surface area contributed by atoms with Crippen molar-refractivity contribution < 1.29 is 4.42 Å².